The number of nitrogens with one attached hydrogen (secondary N) is 1. The second-order valence-corrected chi connectivity index (χ2v) is 6.93. The fourth-order valence-electron chi connectivity index (χ4n) is 3.49. The van der Waals surface area contributed by atoms with Gasteiger partial charge in [-0.1, -0.05) is 13.3 Å². The van der Waals surface area contributed by atoms with Crippen LogP contribution in [0.2, 0.25) is 0 Å². The fraction of sp³-hybridized carbons (Fsp3) is 1.00. The van der Waals surface area contributed by atoms with Crippen LogP contribution in [0.15, 0.2) is 0 Å². The van der Waals surface area contributed by atoms with E-state index in [4.69, 9.17) is 0 Å². The molecule has 3 fully saturated rings. The summed E-state index contributed by atoms with van der Waals surface area (Å²) in [5.74, 6) is 2.04. The molecule has 0 bridgehead atoms. The van der Waals surface area contributed by atoms with Crippen LogP contribution in [-0.4, -0.2) is 36.1 Å². The molecule has 0 aromatic rings. The lowest BCUT2D eigenvalue weighted by atomic mass is 9.83. The van der Waals surface area contributed by atoms with Crippen LogP contribution in [-0.2, 0) is 0 Å². The molecule has 1 aliphatic heterocycles. The van der Waals surface area contributed by atoms with Crippen LogP contribution in [0.25, 0.3) is 0 Å². The minimum absolute atomic E-state index is 0.370. The Bertz CT molecular complexity index is 270. The molecule has 2 nitrogen and oxygen atoms in total. The van der Waals surface area contributed by atoms with E-state index < -0.39 is 0 Å². The zero-order chi connectivity index (χ0) is 11.9. The van der Waals surface area contributed by atoms with Crippen molar-refractivity contribution in [3.63, 3.8) is 0 Å². The number of piperazine rings is 1. The highest BCUT2D eigenvalue weighted by atomic mass is 15.3. The van der Waals surface area contributed by atoms with Gasteiger partial charge in [0.25, 0.3) is 0 Å². The van der Waals surface area contributed by atoms with E-state index in [1.54, 1.807) is 0 Å². The molecule has 1 saturated heterocycles. The van der Waals surface area contributed by atoms with Gasteiger partial charge in [0.15, 0.2) is 0 Å². The summed E-state index contributed by atoms with van der Waals surface area (Å²) in [4.78, 5) is 2.85. The van der Waals surface area contributed by atoms with E-state index in [-0.39, 0.29) is 0 Å². The van der Waals surface area contributed by atoms with Crippen molar-refractivity contribution in [2.24, 2.45) is 11.8 Å². The molecule has 2 heteroatoms. The van der Waals surface area contributed by atoms with E-state index in [2.05, 4.69) is 24.1 Å². The summed E-state index contributed by atoms with van der Waals surface area (Å²) in [6, 6.07) is 0.857. The molecule has 2 unspecified atom stereocenters. The van der Waals surface area contributed by atoms with E-state index in [0.29, 0.717) is 5.54 Å². The number of hydrogen-bond donors (Lipinski definition) is 1. The molecule has 3 aliphatic rings. The molecule has 2 saturated carbocycles. The lowest BCUT2D eigenvalue weighted by molar-refractivity contribution is 0.0458. The van der Waals surface area contributed by atoms with Gasteiger partial charge < -0.3 is 5.32 Å². The van der Waals surface area contributed by atoms with Crippen LogP contribution in [0.1, 0.15) is 52.4 Å². The smallest absolute Gasteiger partial charge is 0.0278 e. The average Bonchev–Trinajstić information content (AvgIpc) is 3.08. The van der Waals surface area contributed by atoms with Gasteiger partial charge in [0.2, 0.25) is 0 Å². The summed E-state index contributed by atoms with van der Waals surface area (Å²) in [5, 5.41) is 3.81. The third-order valence-corrected chi connectivity index (χ3v) is 5.42. The van der Waals surface area contributed by atoms with Crippen molar-refractivity contribution in [3.05, 3.63) is 0 Å². The van der Waals surface area contributed by atoms with Gasteiger partial charge in [0, 0.05) is 31.2 Å². The second-order valence-electron chi connectivity index (χ2n) is 6.93. The third kappa shape index (κ3) is 2.53. The van der Waals surface area contributed by atoms with Gasteiger partial charge in [-0.3, -0.25) is 4.90 Å². The van der Waals surface area contributed by atoms with E-state index >= 15 is 0 Å². The quantitative estimate of drug-likeness (QED) is 0.807. The first-order chi connectivity index (χ1) is 8.20. The molecule has 0 spiro atoms. The highest BCUT2D eigenvalue weighted by molar-refractivity contribution is 5.00. The first kappa shape index (κ1) is 12.0. The van der Waals surface area contributed by atoms with E-state index in [0.717, 1.165) is 17.9 Å². The number of hydrogen-bond acceptors (Lipinski definition) is 2. The standard InChI is InChI=1S/C15H28N2/c1-3-15(2)11-17(10-12-5-4-6-12)14(9-16-15)13-7-8-13/h12-14,16H,3-11H2,1-2H3. The topological polar surface area (TPSA) is 15.3 Å². The first-order valence-corrected chi connectivity index (χ1v) is 7.69. The molecule has 0 aromatic carbocycles. The molecular weight excluding hydrogens is 208 g/mol. The fourth-order valence-corrected chi connectivity index (χ4v) is 3.49. The number of rotatable bonds is 4. The molecule has 1 heterocycles. The van der Waals surface area contributed by atoms with Gasteiger partial charge in [0.05, 0.1) is 0 Å². The van der Waals surface area contributed by atoms with Crippen molar-refractivity contribution in [2.45, 2.75) is 64.0 Å². The summed E-state index contributed by atoms with van der Waals surface area (Å²) < 4.78 is 0. The summed E-state index contributed by atoms with van der Waals surface area (Å²) in [5.41, 5.74) is 0.370. The van der Waals surface area contributed by atoms with E-state index in [9.17, 15) is 0 Å². The third-order valence-electron chi connectivity index (χ3n) is 5.42. The Labute approximate surface area is 106 Å². The maximum absolute atomic E-state index is 3.81. The average molecular weight is 236 g/mol. The van der Waals surface area contributed by atoms with Crippen molar-refractivity contribution in [1.82, 2.24) is 10.2 Å². The summed E-state index contributed by atoms with van der Waals surface area (Å²) in [6.45, 7) is 8.64. The van der Waals surface area contributed by atoms with Gasteiger partial charge >= 0.3 is 0 Å². The van der Waals surface area contributed by atoms with Crippen molar-refractivity contribution in [2.75, 3.05) is 19.6 Å². The zero-order valence-corrected chi connectivity index (χ0v) is 11.5. The van der Waals surface area contributed by atoms with Crippen LogP contribution in [0.3, 0.4) is 0 Å². The van der Waals surface area contributed by atoms with Gasteiger partial charge in [0.1, 0.15) is 0 Å². The highest BCUT2D eigenvalue weighted by Crippen LogP contribution is 2.39. The maximum atomic E-state index is 3.81. The normalized spacial score (nSPS) is 40.2. The Kier molecular flexibility index (Phi) is 3.20. The van der Waals surface area contributed by atoms with Crippen molar-refractivity contribution in [1.29, 1.82) is 0 Å². The Morgan fingerprint density at radius 1 is 1.24 bits per heavy atom. The zero-order valence-electron chi connectivity index (χ0n) is 11.5. The minimum Gasteiger partial charge on any atom is -0.309 e. The molecule has 0 amide bonds. The van der Waals surface area contributed by atoms with Gasteiger partial charge in [-0.15, -0.1) is 0 Å². The molecule has 17 heavy (non-hydrogen) atoms. The van der Waals surface area contributed by atoms with E-state index in [1.165, 1.54) is 58.2 Å². The van der Waals surface area contributed by atoms with Crippen LogP contribution in [0.5, 0.6) is 0 Å². The molecule has 0 radical (unpaired) electrons. The van der Waals surface area contributed by atoms with Crippen molar-refractivity contribution in [3.8, 4) is 0 Å². The monoisotopic (exact) mass is 236 g/mol. The van der Waals surface area contributed by atoms with Crippen LogP contribution in [0, 0.1) is 11.8 Å². The Balaban J connectivity index is 1.64. The van der Waals surface area contributed by atoms with Gasteiger partial charge in [-0.25, -0.2) is 0 Å². The summed E-state index contributed by atoms with van der Waals surface area (Å²) in [7, 11) is 0. The van der Waals surface area contributed by atoms with Crippen LogP contribution >= 0.6 is 0 Å². The summed E-state index contributed by atoms with van der Waals surface area (Å²) >= 11 is 0. The Morgan fingerprint density at radius 2 is 2.00 bits per heavy atom. The van der Waals surface area contributed by atoms with Crippen molar-refractivity contribution >= 4 is 0 Å². The molecule has 0 aromatic heterocycles. The Hall–Kier alpha value is -0.0800. The second kappa shape index (κ2) is 4.55. The number of nitrogens with zero attached hydrogens (tertiary/aromatic N) is 1. The highest BCUT2D eigenvalue weighted by Gasteiger charge is 2.42. The first-order valence-electron chi connectivity index (χ1n) is 7.69. The molecule has 3 rings (SSSR count). The predicted molar refractivity (Wildman–Crippen MR) is 72.1 cm³/mol. The molecule has 1 N–H and O–H groups in total. The van der Waals surface area contributed by atoms with Gasteiger partial charge in [-0.05, 0) is 50.9 Å². The van der Waals surface area contributed by atoms with Gasteiger partial charge in [-0.2, -0.15) is 0 Å². The minimum atomic E-state index is 0.370. The Morgan fingerprint density at radius 3 is 2.53 bits per heavy atom. The maximum Gasteiger partial charge on any atom is 0.0278 e. The van der Waals surface area contributed by atoms with Crippen LogP contribution in [0.4, 0.5) is 0 Å². The molecule has 2 aliphatic carbocycles. The molecular formula is C15H28N2. The lowest BCUT2D eigenvalue weighted by Gasteiger charge is -2.48. The SMILES string of the molecule is CCC1(C)CN(CC2CCC2)C(C2CC2)CN1. The largest absolute Gasteiger partial charge is 0.309 e. The van der Waals surface area contributed by atoms with E-state index in [1.807, 2.05) is 0 Å². The van der Waals surface area contributed by atoms with Crippen molar-refractivity contribution < 1.29 is 0 Å². The summed E-state index contributed by atoms with van der Waals surface area (Å²) in [6.07, 6.45) is 8.68. The van der Waals surface area contributed by atoms with Crippen LogP contribution < -0.4 is 5.32 Å². The molecule has 98 valence electrons. The lowest BCUT2D eigenvalue weighted by Crippen LogP contribution is -2.64. The molecule has 2 atom stereocenters. The predicted octanol–water partition coefficient (Wildman–Crippen LogP) is 2.64.